The zero-order valence-electron chi connectivity index (χ0n) is 10.4. The number of hydrogen-bond donors (Lipinski definition) is 2. The van der Waals surface area contributed by atoms with Crippen molar-refractivity contribution in [3.05, 3.63) is 47.3 Å². The van der Waals surface area contributed by atoms with E-state index in [1.165, 1.54) is 29.0 Å². The summed E-state index contributed by atoms with van der Waals surface area (Å²) in [5.74, 6) is -1.64. The molecule has 0 unspecified atom stereocenters. The van der Waals surface area contributed by atoms with Gasteiger partial charge in [0.2, 0.25) is 0 Å². The molecule has 0 fully saturated rings. The number of anilines is 1. The van der Waals surface area contributed by atoms with Crippen LogP contribution in [0.5, 0.6) is 0 Å². The predicted molar refractivity (Wildman–Crippen MR) is 71.7 cm³/mol. The molecular weight excluding hydrogens is 270 g/mol. The highest BCUT2D eigenvalue weighted by Crippen LogP contribution is 2.20. The van der Waals surface area contributed by atoms with Gasteiger partial charge >= 0.3 is 0 Å². The monoisotopic (exact) mass is 282 g/mol. The van der Waals surface area contributed by atoms with Crippen LogP contribution in [0, 0.1) is 18.6 Å². The second kappa shape index (κ2) is 5.05. The smallest absolute Gasteiger partial charge is 0.275 e. The normalized spacial score (nSPS) is 10.6. The maximum atomic E-state index is 13.7. The molecule has 0 bridgehead atoms. The van der Waals surface area contributed by atoms with E-state index in [2.05, 4.69) is 17.9 Å². The van der Waals surface area contributed by atoms with Crippen molar-refractivity contribution >= 4 is 24.2 Å². The molecule has 100 valence electrons. The standard InChI is InChI=1S/C13H12F2N2OS/c1-7-5-8(3-4-9(7)14)16-13(18)12-11(15)10(19)6-17(12)2/h3-6,19H,1-2H3,(H,16,18). The van der Waals surface area contributed by atoms with E-state index in [9.17, 15) is 13.6 Å². The maximum Gasteiger partial charge on any atom is 0.275 e. The molecule has 0 atom stereocenters. The van der Waals surface area contributed by atoms with Crippen molar-refractivity contribution in [1.29, 1.82) is 0 Å². The van der Waals surface area contributed by atoms with Gasteiger partial charge in [0, 0.05) is 18.9 Å². The number of carbonyl (C=O) groups excluding carboxylic acids is 1. The molecular formula is C13H12F2N2OS. The number of halogens is 2. The largest absolute Gasteiger partial charge is 0.343 e. The Morgan fingerprint density at radius 2 is 2.05 bits per heavy atom. The maximum absolute atomic E-state index is 13.7. The van der Waals surface area contributed by atoms with Gasteiger partial charge in [-0.15, -0.1) is 12.6 Å². The Balaban J connectivity index is 2.28. The molecule has 1 aromatic heterocycles. The van der Waals surface area contributed by atoms with Gasteiger partial charge in [0.25, 0.3) is 5.91 Å². The van der Waals surface area contributed by atoms with E-state index in [1.54, 1.807) is 14.0 Å². The lowest BCUT2D eigenvalue weighted by Gasteiger charge is -2.07. The van der Waals surface area contributed by atoms with E-state index < -0.39 is 11.7 Å². The number of amides is 1. The summed E-state index contributed by atoms with van der Waals surface area (Å²) in [5.41, 5.74) is 0.692. The molecule has 0 aliphatic carbocycles. The highest BCUT2D eigenvalue weighted by Gasteiger charge is 2.19. The van der Waals surface area contributed by atoms with Gasteiger partial charge < -0.3 is 9.88 Å². The minimum Gasteiger partial charge on any atom is -0.343 e. The van der Waals surface area contributed by atoms with Crippen LogP contribution in [0.4, 0.5) is 14.5 Å². The van der Waals surface area contributed by atoms with Crippen LogP contribution >= 0.6 is 12.6 Å². The zero-order chi connectivity index (χ0) is 14.2. The summed E-state index contributed by atoms with van der Waals surface area (Å²) in [7, 11) is 1.55. The molecule has 0 radical (unpaired) electrons. The highest BCUT2D eigenvalue weighted by molar-refractivity contribution is 7.80. The van der Waals surface area contributed by atoms with Crippen LogP contribution in [-0.4, -0.2) is 10.5 Å². The summed E-state index contributed by atoms with van der Waals surface area (Å²) < 4.78 is 28.2. The second-order valence-corrected chi connectivity index (χ2v) is 4.69. The lowest BCUT2D eigenvalue weighted by atomic mass is 10.2. The third-order valence-electron chi connectivity index (χ3n) is 2.73. The third kappa shape index (κ3) is 2.63. The topological polar surface area (TPSA) is 34.0 Å². The van der Waals surface area contributed by atoms with Crippen LogP contribution in [0.2, 0.25) is 0 Å². The minimum atomic E-state index is -0.679. The van der Waals surface area contributed by atoms with Crippen molar-refractivity contribution in [2.75, 3.05) is 5.32 Å². The summed E-state index contributed by atoms with van der Waals surface area (Å²) >= 11 is 3.91. The summed E-state index contributed by atoms with van der Waals surface area (Å²) in [5, 5.41) is 2.52. The Kier molecular flexibility index (Phi) is 3.61. The lowest BCUT2D eigenvalue weighted by Crippen LogP contribution is -2.17. The van der Waals surface area contributed by atoms with E-state index in [0.29, 0.717) is 11.3 Å². The van der Waals surface area contributed by atoms with Crippen LogP contribution in [0.15, 0.2) is 29.3 Å². The van der Waals surface area contributed by atoms with Gasteiger partial charge in [-0.3, -0.25) is 4.79 Å². The molecule has 6 heteroatoms. The quantitative estimate of drug-likeness (QED) is 0.815. The van der Waals surface area contributed by atoms with Crippen LogP contribution in [0.3, 0.4) is 0 Å². The number of nitrogens with one attached hydrogen (secondary N) is 1. The third-order valence-corrected chi connectivity index (χ3v) is 3.04. The Morgan fingerprint density at radius 3 is 2.58 bits per heavy atom. The van der Waals surface area contributed by atoms with Crippen LogP contribution in [-0.2, 0) is 7.05 Å². The Morgan fingerprint density at radius 1 is 1.37 bits per heavy atom. The van der Waals surface area contributed by atoms with E-state index in [0.717, 1.165) is 0 Å². The van der Waals surface area contributed by atoms with Crippen molar-refractivity contribution < 1.29 is 13.6 Å². The van der Waals surface area contributed by atoms with Gasteiger partial charge in [0.05, 0.1) is 4.90 Å². The SMILES string of the molecule is Cc1cc(NC(=O)c2c(F)c(S)cn2C)ccc1F. The fourth-order valence-electron chi connectivity index (χ4n) is 1.75. The molecule has 1 aromatic carbocycles. The number of thiol groups is 1. The molecule has 1 N–H and O–H groups in total. The molecule has 2 aromatic rings. The average Bonchev–Trinajstić information content (AvgIpc) is 2.58. The van der Waals surface area contributed by atoms with Crippen molar-refractivity contribution in [2.45, 2.75) is 11.8 Å². The number of nitrogens with zero attached hydrogens (tertiary/aromatic N) is 1. The van der Waals surface area contributed by atoms with Gasteiger partial charge in [-0.1, -0.05) is 0 Å². The van der Waals surface area contributed by atoms with Crippen molar-refractivity contribution in [3.8, 4) is 0 Å². The first-order valence-electron chi connectivity index (χ1n) is 5.51. The van der Waals surface area contributed by atoms with Gasteiger partial charge in [0.15, 0.2) is 5.82 Å². The summed E-state index contributed by atoms with van der Waals surface area (Å²) in [6.45, 7) is 1.58. The van der Waals surface area contributed by atoms with E-state index in [4.69, 9.17) is 0 Å². The fourth-order valence-corrected chi connectivity index (χ4v) is 2.03. The van der Waals surface area contributed by atoms with Crippen LogP contribution < -0.4 is 5.32 Å². The first-order chi connectivity index (χ1) is 8.90. The molecule has 0 spiro atoms. The van der Waals surface area contributed by atoms with Crippen molar-refractivity contribution in [2.24, 2.45) is 7.05 Å². The first-order valence-corrected chi connectivity index (χ1v) is 5.96. The fraction of sp³-hybridized carbons (Fsp3) is 0.154. The van der Waals surface area contributed by atoms with Crippen molar-refractivity contribution in [3.63, 3.8) is 0 Å². The van der Waals surface area contributed by atoms with Gasteiger partial charge in [-0.25, -0.2) is 8.78 Å². The average molecular weight is 282 g/mol. The first kappa shape index (κ1) is 13.6. The highest BCUT2D eigenvalue weighted by atomic mass is 32.1. The number of aryl methyl sites for hydroxylation is 2. The van der Waals surface area contributed by atoms with E-state index in [-0.39, 0.29) is 16.4 Å². The number of aromatic nitrogens is 1. The molecule has 0 aliphatic rings. The number of hydrogen-bond acceptors (Lipinski definition) is 2. The Labute approximate surface area is 114 Å². The molecule has 1 heterocycles. The molecule has 1 amide bonds. The number of rotatable bonds is 2. The summed E-state index contributed by atoms with van der Waals surface area (Å²) in [4.78, 5) is 12.1. The molecule has 0 saturated carbocycles. The van der Waals surface area contributed by atoms with Crippen molar-refractivity contribution in [1.82, 2.24) is 4.57 Å². The van der Waals surface area contributed by atoms with Crippen LogP contribution in [0.1, 0.15) is 16.1 Å². The second-order valence-electron chi connectivity index (χ2n) is 4.21. The molecule has 0 aliphatic heterocycles. The number of benzene rings is 1. The molecule has 3 nitrogen and oxygen atoms in total. The molecule has 2 rings (SSSR count). The van der Waals surface area contributed by atoms with E-state index in [1.807, 2.05) is 0 Å². The lowest BCUT2D eigenvalue weighted by molar-refractivity contribution is 0.101. The predicted octanol–water partition coefficient (Wildman–Crippen LogP) is 3.15. The van der Waals surface area contributed by atoms with Crippen LogP contribution in [0.25, 0.3) is 0 Å². The number of carbonyl (C=O) groups is 1. The minimum absolute atomic E-state index is 0.0999. The van der Waals surface area contributed by atoms with Gasteiger partial charge in [-0.05, 0) is 30.7 Å². The molecule has 0 saturated heterocycles. The Bertz CT molecular complexity index is 652. The summed E-state index contributed by atoms with van der Waals surface area (Å²) in [6.07, 6.45) is 1.41. The van der Waals surface area contributed by atoms with Gasteiger partial charge in [0.1, 0.15) is 11.5 Å². The summed E-state index contributed by atoms with van der Waals surface area (Å²) in [6, 6.07) is 4.15. The Hall–Kier alpha value is -1.82. The molecule has 19 heavy (non-hydrogen) atoms. The zero-order valence-corrected chi connectivity index (χ0v) is 11.3. The van der Waals surface area contributed by atoms with E-state index >= 15 is 0 Å². The van der Waals surface area contributed by atoms with Gasteiger partial charge in [-0.2, -0.15) is 0 Å².